The van der Waals surface area contributed by atoms with Gasteiger partial charge in [-0.15, -0.1) is 0 Å². The highest BCUT2D eigenvalue weighted by Crippen LogP contribution is 2.45. The maximum absolute atomic E-state index is 10.7. The fourth-order valence-corrected chi connectivity index (χ4v) is 3.47. The van der Waals surface area contributed by atoms with E-state index in [4.69, 9.17) is 9.47 Å². The molecule has 1 aromatic rings. The number of thioether (sulfide) groups is 1. The molecule has 1 N–H and O–H groups in total. The highest BCUT2D eigenvalue weighted by Gasteiger charge is 2.39. The summed E-state index contributed by atoms with van der Waals surface area (Å²) in [5, 5.41) is 11.1. The summed E-state index contributed by atoms with van der Waals surface area (Å²) in [5.41, 5.74) is 0.0828. The predicted molar refractivity (Wildman–Crippen MR) is 70.0 cm³/mol. The fourth-order valence-electron chi connectivity index (χ4n) is 2.24. The third kappa shape index (κ3) is 2.38. The second-order valence-corrected chi connectivity index (χ2v) is 5.85. The smallest absolute Gasteiger partial charge is 0.128 e. The van der Waals surface area contributed by atoms with Gasteiger partial charge in [0.25, 0.3) is 0 Å². The molecule has 1 fully saturated rings. The van der Waals surface area contributed by atoms with Crippen molar-refractivity contribution in [3.63, 3.8) is 0 Å². The van der Waals surface area contributed by atoms with Crippen LogP contribution in [0.2, 0.25) is 0 Å². The zero-order chi connectivity index (χ0) is 12.5. The number of ether oxygens (including phenoxy) is 2. The second-order valence-electron chi connectivity index (χ2n) is 4.42. The predicted octanol–water partition coefficient (Wildman–Crippen LogP) is 2.42. The summed E-state index contributed by atoms with van der Waals surface area (Å²) in [4.78, 5) is 0. The summed E-state index contributed by atoms with van der Waals surface area (Å²) < 4.78 is 10.5. The maximum atomic E-state index is 10.7. The molecule has 2 atom stereocenters. The van der Waals surface area contributed by atoms with Crippen molar-refractivity contribution in [1.29, 1.82) is 0 Å². The fraction of sp³-hybridized carbons (Fsp3) is 0.538. The lowest BCUT2D eigenvalue weighted by molar-refractivity contribution is 0.0585. The van der Waals surface area contributed by atoms with Crippen LogP contribution in [-0.2, 0) is 5.60 Å². The van der Waals surface area contributed by atoms with E-state index in [1.54, 1.807) is 26.0 Å². The van der Waals surface area contributed by atoms with Gasteiger partial charge in [-0.05, 0) is 18.6 Å². The van der Waals surface area contributed by atoms with Crippen molar-refractivity contribution >= 4 is 11.8 Å². The third-order valence-electron chi connectivity index (χ3n) is 3.14. The molecular formula is C13H18O3S. The van der Waals surface area contributed by atoms with Crippen LogP contribution < -0.4 is 9.47 Å². The number of rotatable bonds is 3. The molecule has 1 saturated heterocycles. The van der Waals surface area contributed by atoms with Crippen molar-refractivity contribution < 1.29 is 14.6 Å². The van der Waals surface area contributed by atoms with E-state index >= 15 is 0 Å². The Kier molecular flexibility index (Phi) is 3.54. The van der Waals surface area contributed by atoms with Crippen LogP contribution in [0.25, 0.3) is 0 Å². The molecule has 3 nitrogen and oxygen atoms in total. The summed E-state index contributed by atoms with van der Waals surface area (Å²) in [7, 11) is 3.24. The van der Waals surface area contributed by atoms with Crippen LogP contribution in [0.1, 0.15) is 18.9 Å². The van der Waals surface area contributed by atoms with Crippen LogP contribution in [0.5, 0.6) is 11.5 Å². The summed E-state index contributed by atoms with van der Waals surface area (Å²) in [6, 6.07) is 5.58. The molecular weight excluding hydrogens is 236 g/mol. The van der Waals surface area contributed by atoms with Crippen molar-refractivity contribution in [2.24, 2.45) is 0 Å². The van der Waals surface area contributed by atoms with Gasteiger partial charge in [0, 0.05) is 22.6 Å². The van der Waals surface area contributed by atoms with E-state index in [9.17, 15) is 5.11 Å². The normalized spacial score (nSPS) is 28.1. The SMILES string of the molecule is COc1ccc(C2(O)CSC(C)C2)c(OC)c1. The van der Waals surface area contributed by atoms with Crippen LogP contribution in [-0.4, -0.2) is 30.3 Å². The van der Waals surface area contributed by atoms with Crippen LogP contribution in [0, 0.1) is 0 Å². The first-order valence-electron chi connectivity index (χ1n) is 5.65. The van der Waals surface area contributed by atoms with Crippen LogP contribution in [0.4, 0.5) is 0 Å². The van der Waals surface area contributed by atoms with Crippen LogP contribution in [0.3, 0.4) is 0 Å². The lowest BCUT2D eigenvalue weighted by atomic mass is 9.90. The lowest BCUT2D eigenvalue weighted by Gasteiger charge is -2.24. The first kappa shape index (κ1) is 12.6. The van der Waals surface area contributed by atoms with Crippen LogP contribution in [0.15, 0.2) is 18.2 Å². The largest absolute Gasteiger partial charge is 0.497 e. The van der Waals surface area contributed by atoms with Crippen molar-refractivity contribution in [3.8, 4) is 11.5 Å². The van der Waals surface area contributed by atoms with Gasteiger partial charge in [-0.1, -0.05) is 6.92 Å². The molecule has 1 aliphatic rings. The minimum Gasteiger partial charge on any atom is -0.497 e. The Labute approximate surface area is 106 Å². The Balaban J connectivity index is 2.38. The monoisotopic (exact) mass is 254 g/mol. The number of aliphatic hydroxyl groups is 1. The first-order valence-corrected chi connectivity index (χ1v) is 6.70. The van der Waals surface area contributed by atoms with E-state index in [-0.39, 0.29) is 0 Å². The van der Waals surface area contributed by atoms with Gasteiger partial charge in [0.15, 0.2) is 0 Å². The summed E-state index contributed by atoms with van der Waals surface area (Å²) in [6.45, 7) is 2.14. The molecule has 1 aliphatic heterocycles. The molecule has 0 spiro atoms. The van der Waals surface area contributed by atoms with E-state index in [0.717, 1.165) is 23.5 Å². The quantitative estimate of drug-likeness (QED) is 0.899. The Morgan fingerprint density at radius 1 is 1.35 bits per heavy atom. The highest BCUT2D eigenvalue weighted by molar-refractivity contribution is 8.00. The average molecular weight is 254 g/mol. The first-order chi connectivity index (χ1) is 8.09. The molecule has 0 radical (unpaired) electrons. The van der Waals surface area contributed by atoms with E-state index < -0.39 is 5.60 Å². The van der Waals surface area contributed by atoms with Gasteiger partial charge in [-0.3, -0.25) is 0 Å². The highest BCUT2D eigenvalue weighted by atomic mass is 32.2. The Hall–Kier alpha value is -0.870. The van der Waals surface area contributed by atoms with E-state index in [1.165, 1.54) is 0 Å². The van der Waals surface area contributed by atoms with Gasteiger partial charge in [-0.25, -0.2) is 0 Å². The Morgan fingerprint density at radius 3 is 2.65 bits per heavy atom. The summed E-state index contributed by atoms with van der Waals surface area (Å²) in [5.74, 6) is 2.16. The molecule has 4 heteroatoms. The van der Waals surface area contributed by atoms with Gasteiger partial charge in [0.1, 0.15) is 17.1 Å². The van der Waals surface area contributed by atoms with Gasteiger partial charge >= 0.3 is 0 Å². The molecule has 0 bridgehead atoms. The summed E-state index contributed by atoms with van der Waals surface area (Å²) in [6.07, 6.45) is 0.764. The third-order valence-corrected chi connectivity index (χ3v) is 4.52. The zero-order valence-electron chi connectivity index (χ0n) is 10.4. The molecule has 2 rings (SSSR count). The van der Waals surface area contributed by atoms with Crippen molar-refractivity contribution in [2.75, 3.05) is 20.0 Å². The number of hydrogen-bond acceptors (Lipinski definition) is 4. The lowest BCUT2D eigenvalue weighted by Crippen LogP contribution is -2.26. The molecule has 17 heavy (non-hydrogen) atoms. The molecule has 0 aliphatic carbocycles. The van der Waals surface area contributed by atoms with Crippen molar-refractivity contribution in [1.82, 2.24) is 0 Å². The number of hydrogen-bond donors (Lipinski definition) is 1. The molecule has 0 amide bonds. The Bertz CT molecular complexity index is 408. The zero-order valence-corrected chi connectivity index (χ0v) is 11.2. The molecule has 1 aromatic carbocycles. The number of benzene rings is 1. The van der Waals surface area contributed by atoms with Gasteiger partial charge in [0.2, 0.25) is 0 Å². The number of methoxy groups -OCH3 is 2. The van der Waals surface area contributed by atoms with Crippen molar-refractivity contribution in [2.45, 2.75) is 24.2 Å². The second kappa shape index (κ2) is 4.78. The average Bonchev–Trinajstić information content (AvgIpc) is 2.69. The molecule has 2 unspecified atom stereocenters. The van der Waals surface area contributed by atoms with Crippen molar-refractivity contribution in [3.05, 3.63) is 23.8 Å². The van der Waals surface area contributed by atoms with Gasteiger partial charge < -0.3 is 14.6 Å². The molecule has 94 valence electrons. The van der Waals surface area contributed by atoms with Crippen LogP contribution >= 0.6 is 11.8 Å². The molecule has 0 saturated carbocycles. The van der Waals surface area contributed by atoms with E-state index in [1.807, 2.05) is 18.2 Å². The minimum atomic E-state index is -0.776. The molecule has 0 aromatic heterocycles. The standard InChI is InChI=1S/C13H18O3S/c1-9-7-13(14,8-17-9)11-5-4-10(15-2)6-12(11)16-3/h4-6,9,14H,7-8H2,1-3H3. The van der Waals surface area contributed by atoms with Gasteiger partial charge in [-0.2, -0.15) is 11.8 Å². The summed E-state index contributed by atoms with van der Waals surface area (Å²) >= 11 is 1.79. The van der Waals surface area contributed by atoms with E-state index in [0.29, 0.717) is 11.0 Å². The topological polar surface area (TPSA) is 38.7 Å². The van der Waals surface area contributed by atoms with Gasteiger partial charge in [0.05, 0.1) is 14.2 Å². The molecule has 1 heterocycles. The minimum absolute atomic E-state index is 0.479. The van der Waals surface area contributed by atoms with E-state index in [2.05, 4.69) is 6.92 Å². The Morgan fingerprint density at radius 2 is 2.12 bits per heavy atom. The maximum Gasteiger partial charge on any atom is 0.128 e.